The number of methoxy groups -OCH3 is 2. The summed E-state index contributed by atoms with van der Waals surface area (Å²) >= 11 is 0. The molecule has 0 saturated heterocycles. The second-order valence-corrected chi connectivity index (χ2v) is 4.44. The maximum Gasteiger partial charge on any atom is 0.223 e. The molecule has 4 heteroatoms. The molecule has 13 heavy (non-hydrogen) atoms. The van der Waals surface area contributed by atoms with Gasteiger partial charge in [0.15, 0.2) is 5.91 Å². The topological polar surface area (TPSA) is 27.7 Å². The molecule has 0 aromatic heterocycles. The molecule has 0 unspecified atom stereocenters. The van der Waals surface area contributed by atoms with Crippen LogP contribution in [0.15, 0.2) is 0 Å². The van der Waals surface area contributed by atoms with Crippen LogP contribution in [0, 0.1) is 0 Å². The predicted molar refractivity (Wildman–Crippen MR) is 56.4 cm³/mol. The third kappa shape index (κ3) is 8.43. The van der Waals surface area contributed by atoms with Crippen molar-refractivity contribution >= 4 is 9.76 Å². The zero-order valence-electron chi connectivity index (χ0n) is 9.04. The van der Waals surface area contributed by atoms with E-state index in [0.29, 0.717) is 0 Å². The van der Waals surface area contributed by atoms with E-state index in [1.165, 1.54) is 25.7 Å². The molecule has 0 atom stereocenters. The van der Waals surface area contributed by atoms with Gasteiger partial charge in [-0.15, -0.1) is 0 Å². The van der Waals surface area contributed by atoms with Gasteiger partial charge in [0, 0.05) is 20.8 Å². The number of rotatable bonds is 9. The van der Waals surface area contributed by atoms with Crippen LogP contribution >= 0.6 is 0 Å². The molecule has 0 rings (SSSR count). The Morgan fingerprint density at radius 1 is 1.08 bits per heavy atom. The fourth-order valence-corrected chi connectivity index (χ4v) is 1.88. The molecular formula is C9H22O3Si. The van der Waals surface area contributed by atoms with Crippen molar-refractivity contribution in [3.8, 4) is 0 Å². The first-order valence-corrected chi connectivity index (χ1v) is 6.37. The van der Waals surface area contributed by atoms with Gasteiger partial charge in [0.05, 0.1) is 0 Å². The van der Waals surface area contributed by atoms with Crippen molar-refractivity contribution in [1.29, 1.82) is 0 Å². The van der Waals surface area contributed by atoms with Crippen LogP contribution in [0.1, 0.15) is 32.6 Å². The molecule has 0 aliphatic heterocycles. The molecule has 0 saturated carbocycles. The zero-order chi connectivity index (χ0) is 9.94. The van der Waals surface area contributed by atoms with Gasteiger partial charge in [-0.1, -0.05) is 26.2 Å². The summed E-state index contributed by atoms with van der Waals surface area (Å²) in [5.41, 5.74) is 0. The SMILES string of the molecule is CCCCCCO[SiH2]C(OC)OC. The van der Waals surface area contributed by atoms with Crippen molar-refractivity contribution in [3.63, 3.8) is 0 Å². The van der Waals surface area contributed by atoms with Crippen molar-refractivity contribution in [3.05, 3.63) is 0 Å². The van der Waals surface area contributed by atoms with E-state index < -0.39 is 9.76 Å². The van der Waals surface area contributed by atoms with Gasteiger partial charge < -0.3 is 13.9 Å². The average Bonchev–Trinajstić information content (AvgIpc) is 2.17. The van der Waals surface area contributed by atoms with E-state index in [2.05, 4.69) is 6.92 Å². The highest BCUT2D eigenvalue weighted by atomic mass is 28.2. The Morgan fingerprint density at radius 2 is 1.77 bits per heavy atom. The van der Waals surface area contributed by atoms with Crippen LogP contribution in [-0.2, 0) is 13.9 Å². The van der Waals surface area contributed by atoms with Crippen LogP contribution in [0.2, 0.25) is 0 Å². The van der Waals surface area contributed by atoms with Crippen molar-refractivity contribution in [2.45, 2.75) is 38.5 Å². The van der Waals surface area contributed by atoms with E-state index in [0.717, 1.165) is 6.61 Å². The number of hydrogen-bond donors (Lipinski definition) is 0. The van der Waals surface area contributed by atoms with Gasteiger partial charge in [0.2, 0.25) is 9.76 Å². The molecule has 0 N–H and O–H groups in total. The third-order valence-corrected chi connectivity index (χ3v) is 3.39. The summed E-state index contributed by atoms with van der Waals surface area (Å²) in [4.78, 5) is 0. The second kappa shape index (κ2) is 10.2. The van der Waals surface area contributed by atoms with Gasteiger partial charge in [-0.25, -0.2) is 0 Å². The molecule has 0 bridgehead atoms. The summed E-state index contributed by atoms with van der Waals surface area (Å²) in [6, 6.07) is 0. The Hall–Kier alpha value is 0.0969. The lowest BCUT2D eigenvalue weighted by Gasteiger charge is -2.12. The highest BCUT2D eigenvalue weighted by Crippen LogP contribution is 1.99. The zero-order valence-corrected chi connectivity index (χ0v) is 10.5. The second-order valence-electron chi connectivity index (χ2n) is 3.04. The molecule has 0 spiro atoms. The first-order chi connectivity index (χ1) is 6.35. The average molecular weight is 206 g/mol. The Morgan fingerprint density at radius 3 is 2.31 bits per heavy atom. The third-order valence-electron chi connectivity index (χ3n) is 1.92. The van der Waals surface area contributed by atoms with E-state index in [4.69, 9.17) is 13.9 Å². The largest absolute Gasteiger partial charge is 0.418 e. The minimum absolute atomic E-state index is 0.0776. The van der Waals surface area contributed by atoms with E-state index in [1.807, 2.05) is 0 Å². The van der Waals surface area contributed by atoms with E-state index in [1.54, 1.807) is 14.2 Å². The molecule has 3 nitrogen and oxygen atoms in total. The van der Waals surface area contributed by atoms with Crippen LogP contribution in [0.25, 0.3) is 0 Å². The molecular weight excluding hydrogens is 184 g/mol. The number of hydrogen-bond acceptors (Lipinski definition) is 3. The maximum absolute atomic E-state index is 5.51. The summed E-state index contributed by atoms with van der Waals surface area (Å²) in [6.45, 7) is 3.08. The first kappa shape index (κ1) is 13.1. The number of ether oxygens (including phenoxy) is 2. The van der Waals surface area contributed by atoms with Gasteiger partial charge >= 0.3 is 0 Å². The molecule has 0 aliphatic carbocycles. The Balaban J connectivity index is 3.05. The number of unbranched alkanes of at least 4 members (excludes halogenated alkanes) is 3. The molecule has 0 heterocycles. The Bertz CT molecular complexity index is 96.9. The van der Waals surface area contributed by atoms with Crippen molar-refractivity contribution in [2.75, 3.05) is 20.8 Å². The Kier molecular flexibility index (Phi) is 10.3. The predicted octanol–water partition coefficient (Wildman–Crippen LogP) is 1.24. The summed E-state index contributed by atoms with van der Waals surface area (Å²) in [6.07, 6.45) is 5.02. The van der Waals surface area contributed by atoms with Crippen LogP contribution in [0.4, 0.5) is 0 Å². The summed E-state index contributed by atoms with van der Waals surface area (Å²) in [5, 5.41) is 0. The van der Waals surface area contributed by atoms with Crippen molar-refractivity contribution in [2.24, 2.45) is 0 Å². The lowest BCUT2D eigenvalue weighted by molar-refractivity contribution is -0.0527. The van der Waals surface area contributed by atoms with E-state index in [-0.39, 0.29) is 5.91 Å². The van der Waals surface area contributed by atoms with Gasteiger partial charge in [-0.3, -0.25) is 0 Å². The van der Waals surface area contributed by atoms with Gasteiger partial charge in [0.1, 0.15) is 0 Å². The highest BCUT2D eigenvalue weighted by molar-refractivity contribution is 6.28. The molecule has 0 fully saturated rings. The van der Waals surface area contributed by atoms with Crippen LogP contribution in [-0.4, -0.2) is 36.5 Å². The van der Waals surface area contributed by atoms with Gasteiger partial charge in [-0.05, 0) is 6.42 Å². The maximum atomic E-state index is 5.51. The lowest BCUT2D eigenvalue weighted by atomic mass is 10.2. The normalized spacial score (nSPS) is 12.0. The molecule has 0 aliphatic rings. The highest BCUT2D eigenvalue weighted by Gasteiger charge is 2.04. The molecule has 0 aromatic rings. The summed E-state index contributed by atoms with van der Waals surface area (Å²) < 4.78 is 15.6. The first-order valence-electron chi connectivity index (χ1n) is 4.98. The van der Waals surface area contributed by atoms with Crippen molar-refractivity contribution in [1.82, 2.24) is 0 Å². The van der Waals surface area contributed by atoms with Crippen LogP contribution in [0.3, 0.4) is 0 Å². The van der Waals surface area contributed by atoms with Gasteiger partial charge in [-0.2, -0.15) is 0 Å². The fraction of sp³-hybridized carbons (Fsp3) is 1.00. The molecule has 80 valence electrons. The minimum Gasteiger partial charge on any atom is -0.418 e. The smallest absolute Gasteiger partial charge is 0.223 e. The fourth-order valence-electron chi connectivity index (χ4n) is 1.04. The monoisotopic (exact) mass is 206 g/mol. The van der Waals surface area contributed by atoms with Crippen molar-refractivity contribution < 1.29 is 13.9 Å². The summed E-state index contributed by atoms with van der Waals surface area (Å²) in [5.74, 6) is -0.0776. The van der Waals surface area contributed by atoms with E-state index in [9.17, 15) is 0 Å². The van der Waals surface area contributed by atoms with Crippen LogP contribution < -0.4 is 0 Å². The van der Waals surface area contributed by atoms with Gasteiger partial charge in [0.25, 0.3) is 0 Å². The van der Waals surface area contributed by atoms with Crippen LogP contribution in [0.5, 0.6) is 0 Å². The quantitative estimate of drug-likeness (QED) is 0.323. The standard InChI is InChI=1S/C9H22O3Si/c1-4-5-6-7-8-12-13-9(10-2)11-3/h9H,4-8,13H2,1-3H3. The molecule has 0 radical (unpaired) electrons. The molecule has 0 amide bonds. The van der Waals surface area contributed by atoms with E-state index >= 15 is 0 Å². The summed E-state index contributed by atoms with van der Waals surface area (Å²) in [7, 11) is 2.66. The minimum atomic E-state index is -0.653. The Labute approximate surface area is 83.7 Å². The lowest BCUT2D eigenvalue weighted by Crippen LogP contribution is -2.24. The molecule has 0 aromatic carbocycles.